The lowest BCUT2D eigenvalue weighted by molar-refractivity contribution is -0.146. The standard InChI is InChI=1S/C27H33N3O4S/c1-33-12-13-34-25(31)17-22-7-6-21-16-23(8-9-24(21)26(22)28)27(32)20-4-2-19(3-5-20)18-29-30-10-14-35-15-11-30/h2-5,8-9,16,18,22,26H,6-7,10-15,17,28H2,1H3. The van der Waals surface area contributed by atoms with E-state index in [1.165, 1.54) is 0 Å². The smallest absolute Gasteiger partial charge is 0.306 e. The van der Waals surface area contributed by atoms with Gasteiger partial charge in [0, 0.05) is 48.9 Å². The molecule has 0 radical (unpaired) electrons. The number of hydrogen-bond acceptors (Lipinski definition) is 8. The third-order valence-corrected chi connectivity index (χ3v) is 7.51. The zero-order chi connectivity index (χ0) is 24.6. The van der Waals surface area contributed by atoms with Gasteiger partial charge in [0.1, 0.15) is 6.61 Å². The van der Waals surface area contributed by atoms with Crippen LogP contribution in [0, 0.1) is 5.92 Å². The summed E-state index contributed by atoms with van der Waals surface area (Å²) in [5.41, 5.74) is 10.9. The topological polar surface area (TPSA) is 94.2 Å². The van der Waals surface area contributed by atoms with Crippen molar-refractivity contribution in [1.29, 1.82) is 0 Å². The number of aryl methyl sites for hydroxylation is 1. The highest BCUT2D eigenvalue weighted by atomic mass is 32.2. The lowest BCUT2D eigenvalue weighted by atomic mass is 9.78. The normalized spacial score (nSPS) is 20.0. The van der Waals surface area contributed by atoms with Gasteiger partial charge < -0.3 is 15.2 Å². The van der Waals surface area contributed by atoms with Gasteiger partial charge in [0.15, 0.2) is 5.78 Å². The molecule has 0 bridgehead atoms. The zero-order valence-corrected chi connectivity index (χ0v) is 21.0. The van der Waals surface area contributed by atoms with Crippen LogP contribution in [0.25, 0.3) is 0 Å². The largest absolute Gasteiger partial charge is 0.463 e. The van der Waals surface area contributed by atoms with Crippen molar-refractivity contribution in [3.8, 4) is 0 Å². The van der Waals surface area contributed by atoms with Gasteiger partial charge in [-0.1, -0.05) is 36.4 Å². The summed E-state index contributed by atoms with van der Waals surface area (Å²) in [4.78, 5) is 25.2. The molecule has 0 spiro atoms. The van der Waals surface area contributed by atoms with Crippen molar-refractivity contribution in [3.05, 3.63) is 70.3 Å². The highest BCUT2D eigenvalue weighted by Crippen LogP contribution is 2.35. The summed E-state index contributed by atoms with van der Waals surface area (Å²) in [6.07, 6.45) is 3.71. The van der Waals surface area contributed by atoms with Crippen LogP contribution in [0.3, 0.4) is 0 Å². The second-order valence-electron chi connectivity index (χ2n) is 8.92. The molecule has 186 valence electrons. The fourth-order valence-electron chi connectivity index (χ4n) is 4.51. The fourth-order valence-corrected chi connectivity index (χ4v) is 5.39. The Morgan fingerprint density at radius 1 is 1.11 bits per heavy atom. The molecule has 0 saturated carbocycles. The van der Waals surface area contributed by atoms with Crippen molar-refractivity contribution in [2.24, 2.45) is 16.8 Å². The molecule has 1 aliphatic carbocycles. The van der Waals surface area contributed by atoms with Crippen LogP contribution in [-0.2, 0) is 20.7 Å². The van der Waals surface area contributed by atoms with Crippen LogP contribution in [0.4, 0.5) is 0 Å². The van der Waals surface area contributed by atoms with Gasteiger partial charge in [-0.15, -0.1) is 0 Å². The maximum atomic E-state index is 13.1. The van der Waals surface area contributed by atoms with Gasteiger partial charge in [0.2, 0.25) is 0 Å². The number of rotatable bonds is 9. The Bertz CT molecular complexity index is 1050. The summed E-state index contributed by atoms with van der Waals surface area (Å²) in [5.74, 6) is 1.98. The molecule has 2 aliphatic rings. The second kappa shape index (κ2) is 12.3. The Hall–Kier alpha value is -2.68. The maximum absolute atomic E-state index is 13.1. The van der Waals surface area contributed by atoms with Crippen molar-refractivity contribution in [2.45, 2.75) is 25.3 Å². The average molecular weight is 496 g/mol. The van der Waals surface area contributed by atoms with Gasteiger partial charge in [0.25, 0.3) is 0 Å². The summed E-state index contributed by atoms with van der Waals surface area (Å²) in [6, 6.07) is 13.0. The molecule has 2 N–H and O–H groups in total. The molecule has 1 saturated heterocycles. The van der Waals surface area contributed by atoms with Crippen LogP contribution in [0.1, 0.15) is 51.5 Å². The quantitative estimate of drug-likeness (QED) is 0.246. The Labute approximate surface area is 211 Å². The predicted octanol–water partition coefficient (Wildman–Crippen LogP) is 3.44. The number of methoxy groups -OCH3 is 1. The summed E-state index contributed by atoms with van der Waals surface area (Å²) in [7, 11) is 1.57. The first kappa shape index (κ1) is 25.4. The monoisotopic (exact) mass is 495 g/mol. The van der Waals surface area contributed by atoms with E-state index in [4.69, 9.17) is 15.2 Å². The van der Waals surface area contributed by atoms with Crippen LogP contribution in [-0.4, -0.2) is 67.9 Å². The lowest BCUT2D eigenvalue weighted by Crippen LogP contribution is -2.30. The van der Waals surface area contributed by atoms with Gasteiger partial charge in [0.05, 0.1) is 19.2 Å². The molecule has 8 heteroatoms. The predicted molar refractivity (Wildman–Crippen MR) is 139 cm³/mol. The summed E-state index contributed by atoms with van der Waals surface area (Å²) < 4.78 is 10.1. The minimum atomic E-state index is -0.255. The van der Waals surface area contributed by atoms with Crippen molar-refractivity contribution < 1.29 is 19.1 Å². The van der Waals surface area contributed by atoms with Gasteiger partial charge in [-0.05, 0) is 41.5 Å². The van der Waals surface area contributed by atoms with Crippen LogP contribution >= 0.6 is 11.8 Å². The molecule has 1 heterocycles. The van der Waals surface area contributed by atoms with E-state index >= 15 is 0 Å². The highest BCUT2D eigenvalue weighted by molar-refractivity contribution is 7.99. The number of thioether (sulfide) groups is 1. The number of ketones is 1. The van der Waals surface area contributed by atoms with Crippen molar-refractivity contribution in [1.82, 2.24) is 5.01 Å². The maximum Gasteiger partial charge on any atom is 0.306 e. The van der Waals surface area contributed by atoms with Gasteiger partial charge >= 0.3 is 5.97 Å². The third kappa shape index (κ3) is 6.72. The number of carbonyl (C=O) groups is 2. The minimum absolute atomic E-state index is 0.0123. The number of benzene rings is 2. The van der Waals surface area contributed by atoms with Crippen LogP contribution in [0.5, 0.6) is 0 Å². The van der Waals surface area contributed by atoms with Crippen LogP contribution in [0.15, 0.2) is 47.6 Å². The molecular weight excluding hydrogens is 462 g/mol. The van der Waals surface area contributed by atoms with E-state index in [1.54, 1.807) is 7.11 Å². The van der Waals surface area contributed by atoms with Crippen molar-refractivity contribution in [2.75, 3.05) is 44.9 Å². The third-order valence-electron chi connectivity index (χ3n) is 6.57. The van der Waals surface area contributed by atoms with E-state index in [9.17, 15) is 9.59 Å². The van der Waals surface area contributed by atoms with E-state index in [2.05, 4.69) is 10.1 Å². The SMILES string of the molecule is COCCOC(=O)CC1CCc2cc(C(=O)c3ccc(C=NN4CCSCC4)cc3)ccc2C1N. The number of esters is 1. The molecule has 35 heavy (non-hydrogen) atoms. The van der Waals surface area contributed by atoms with E-state index in [0.29, 0.717) is 17.7 Å². The van der Waals surface area contributed by atoms with E-state index in [1.807, 2.05) is 60.4 Å². The minimum Gasteiger partial charge on any atom is -0.463 e. The number of hydrazone groups is 1. The number of nitrogens with zero attached hydrogens (tertiary/aromatic N) is 2. The lowest BCUT2D eigenvalue weighted by Gasteiger charge is -2.30. The van der Waals surface area contributed by atoms with Crippen LogP contribution < -0.4 is 5.73 Å². The fraction of sp³-hybridized carbons (Fsp3) is 0.444. The van der Waals surface area contributed by atoms with E-state index < -0.39 is 0 Å². The van der Waals surface area contributed by atoms with Crippen molar-refractivity contribution in [3.63, 3.8) is 0 Å². The molecule has 0 amide bonds. The van der Waals surface area contributed by atoms with Crippen molar-refractivity contribution >= 4 is 29.7 Å². The first-order valence-electron chi connectivity index (χ1n) is 12.1. The Kier molecular flexibility index (Phi) is 8.95. The first-order valence-corrected chi connectivity index (χ1v) is 13.2. The second-order valence-corrected chi connectivity index (χ2v) is 10.1. The molecule has 2 aromatic rings. The van der Waals surface area contributed by atoms with Gasteiger partial charge in [-0.2, -0.15) is 16.9 Å². The average Bonchev–Trinajstić information content (AvgIpc) is 2.89. The zero-order valence-electron chi connectivity index (χ0n) is 20.2. The molecule has 7 nitrogen and oxygen atoms in total. The molecule has 2 aromatic carbocycles. The molecule has 2 unspecified atom stereocenters. The van der Waals surface area contributed by atoms with E-state index in [-0.39, 0.29) is 36.7 Å². The number of fused-ring (bicyclic) bond motifs is 1. The summed E-state index contributed by atoms with van der Waals surface area (Å²) in [5, 5.41) is 6.63. The first-order chi connectivity index (χ1) is 17.0. The molecule has 1 aliphatic heterocycles. The Balaban J connectivity index is 1.38. The van der Waals surface area contributed by atoms with Gasteiger partial charge in [-0.3, -0.25) is 14.6 Å². The molecule has 2 atom stereocenters. The molecule has 1 fully saturated rings. The molecule has 4 rings (SSSR count). The Morgan fingerprint density at radius 2 is 1.86 bits per heavy atom. The summed E-state index contributed by atoms with van der Waals surface area (Å²) >= 11 is 1.95. The number of nitrogens with two attached hydrogens (primary N) is 1. The van der Waals surface area contributed by atoms with Crippen LogP contribution in [0.2, 0.25) is 0 Å². The number of ether oxygens (including phenoxy) is 2. The molecular formula is C27H33N3O4S. The highest BCUT2D eigenvalue weighted by Gasteiger charge is 2.29. The molecule has 0 aromatic heterocycles. The van der Waals surface area contributed by atoms with Gasteiger partial charge in [-0.25, -0.2) is 0 Å². The summed E-state index contributed by atoms with van der Waals surface area (Å²) in [6.45, 7) is 2.58. The van der Waals surface area contributed by atoms with E-state index in [0.717, 1.165) is 54.1 Å². The number of carbonyl (C=O) groups excluding carboxylic acids is 2. The Morgan fingerprint density at radius 3 is 2.60 bits per heavy atom. The number of hydrogen-bond donors (Lipinski definition) is 1.